The summed E-state index contributed by atoms with van der Waals surface area (Å²) in [6.45, 7) is 4.76. The van der Waals surface area contributed by atoms with Crippen molar-refractivity contribution in [3.8, 4) is 0 Å². The minimum Gasteiger partial charge on any atom is -0.334 e. The molecule has 0 aliphatic carbocycles. The maximum absolute atomic E-state index is 12.7. The van der Waals surface area contributed by atoms with Crippen molar-refractivity contribution < 1.29 is 4.79 Å². The number of halogens is 1. The molecule has 6 heteroatoms. The Bertz CT molecular complexity index is 725. The number of rotatable bonds is 6. The van der Waals surface area contributed by atoms with Crippen molar-refractivity contribution in [3.05, 3.63) is 62.8 Å². The first kappa shape index (κ1) is 17.2. The van der Waals surface area contributed by atoms with Crippen LogP contribution in [0.3, 0.4) is 0 Å². The van der Waals surface area contributed by atoms with Gasteiger partial charge in [0.2, 0.25) is 0 Å². The van der Waals surface area contributed by atoms with E-state index >= 15 is 0 Å². The third-order valence-corrected chi connectivity index (χ3v) is 3.76. The van der Waals surface area contributed by atoms with Gasteiger partial charge in [0.1, 0.15) is 11.4 Å². The number of unbranched alkanes of at least 4 members (excludes halogenated alkanes) is 1. The number of carbonyl (C=O) groups is 1. The predicted molar refractivity (Wildman–Crippen MR) is 90.7 cm³/mol. The first-order valence-electron chi connectivity index (χ1n) is 7.61. The van der Waals surface area contributed by atoms with Crippen molar-refractivity contribution in [2.75, 3.05) is 6.54 Å². The molecule has 1 heterocycles. The van der Waals surface area contributed by atoms with Gasteiger partial charge in [-0.3, -0.25) is 9.59 Å². The molecule has 0 radical (unpaired) electrons. The molecular formula is C17H20ClN3O2. The highest BCUT2D eigenvalue weighted by Gasteiger charge is 2.19. The van der Waals surface area contributed by atoms with Gasteiger partial charge in [-0.2, -0.15) is 0 Å². The first-order valence-corrected chi connectivity index (χ1v) is 7.98. The molecule has 0 unspecified atom stereocenters. The molecule has 0 saturated heterocycles. The van der Waals surface area contributed by atoms with Gasteiger partial charge in [0.05, 0.1) is 0 Å². The zero-order chi connectivity index (χ0) is 16.8. The fraction of sp³-hybridized carbons (Fsp3) is 0.353. The van der Waals surface area contributed by atoms with E-state index < -0.39 is 5.56 Å². The molecule has 0 fully saturated rings. The Morgan fingerprint density at radius 1 is 1.30 bits per heavy atom. The van der Waals surface area contributed by atoms with Gasteiger partial charge < -0.3 is 9.88 Å². The summed E-state index contributed by atoms with van der Waals surface area (Å²) in [4.78, 5) is 33.0. The van der Waals surface area contributed by atoms with E-state index in [0.29, 0.717) is 23.9 Å². The summed E-state index contributed by atoms with van der Waals surface area (Å²) in [5, 5.41) is 0.652. The van der Waals surface area contributed by atoms with Crippen LogP contribution in [0.2, 0.25) is 5.02 Å². The Kier molecular flexibility index (Phi) is 5.93. The number of H-pyrrole nitrogens is 1. The SMILES string of the molecule is CCCCN(Cc1ccc(Cl)cc1)C(=O)c1cnc(C)[nH]c1=O. The summed E-state index contributed by atoms with van der Waals surface area (Å²) < 4.78 is 0. The molecule has 2 rings (SSSR count). The number of hydrogen-bond acceptors (Lipinski definition) is 3. The van der Waals surface area contributed by atoms with Crippen molar-refractivity contribution in [2.24, 2.45) is 0 Å². The van der Waals surface area contributed by atoms with Gasteiger partial charge in [0.25, 0.3) is 11.5 Å². The molecule has 0 bridgehead atoms. The summed E-state index contributed by atoms with van der Waals surface area (Å²) in [5.41, 5.74) is 0.635. The van der Waals surface area contributed by atoms with E-state index in [-0.39, 0.29) is 11.5 Å². The maximum Gasteiger partial charge on any atom is 0.263 e. The zero-order valence-corrected chi connectivity index (χ0v) is 14.1. The lowest BCUT2D eigenvalue weighted by molar-refractivity contribution is 0.0738. The predicted octanol–water partition coefficient (Wildman–Crippen LogP) is 3.17. The monoisotopic (exact) mass is 333 g/mol. The average molecular weight is 334 g/mol. The first-order chi connectivity index (χ1) is 11.0. The van der Waals surface area contributed by atoms with Crippen molar-refractivity contribution in [1.29, 1.82) is 0 Å². The van der Waals surface area contributed by atoms with E-state index in [1.54, 1.807) is 24.0 Å². The molecule has 0 spiro atoms. The molecule has 0 atom stereocenters. The summed E-state index contributed by atoms with van der Waals surface area (Å²) in [6.07, 6.45) is 3.18. The maximum atomic E-state index is 12.7. The second-order valence-electron chi connectivity index (χ2n) is 5.42. The Labute approximate surface area is 140 Å². The van der Waals surface area contributed by atoms with Crippen LogP contribution < -0.4 is 5.56 Å². The molecule has 1 aromatic carbocycles. The number of aryl methyl sites for hydroxylation is 1. The molecule has 23 heavy (non-hydrogen) atoms. The number of aromatic nitrogens is 2. The van der Waals surface area contributed by atoms with Gasteiger partial charge in [0.15, 0.2) is 0 Å². The second kappa shape index (κ2) is 7.92. The molecule has 1 aromatic heterocycles. The number of carbonyl (C=O) groups excluding carboxylic acids is 1. The Balaban J connectivity index is 2.24. The van der Waals surface area contributed by atoms with Gasteiger partial charge in [0, 0.05) is 24.3 Å². The van der Waals surface area contributed by atoms with Crippen LogP contribution in [-0.4, -0.2) is 27.3 Å². The van der Waals surface area contributed by atoms with E-state index in [2.05, 4.69) is 16.9 Å². The fourth-order valence-electron chi connectivity index (χ4n) is 2.22. The highest BCUT2D eigenvalue weighted by atomic mass is 35.5. The normalized spacial score (nSPS) is 10.6. The summed E-state index contributed by atoms with van der Waals surface area (Å²) >= 11 is 5.89. The average Bonchev–Trinajstić information content (AvgIpc) is 2.52. The number of benzene rings is 1. The van der Waals surface area contributed by atoms with Gasteiger partial charge in [-0.15, -0.1) is 0 Å². The molecule has 5 nitrogen and oxygen atoms in total. The van der Waals surface area contributed by atoms with E-state index in [4.69, 9.17) is 11.6 Å². The molecular weight excluding hydrogens is 314 g/mol. The van der Waals surface area contributed by atoms with E-state index in [0.717, 1.165) is 18.4 Å². The van der Waals surface area contributed by atoms with Gasteiger partial charge >= 0.3 is 0 Å². The summed E-state index contributed by atoms with van der Waals surface area (Å²) in [5.74, 6) is 0.187. The highest BCUT2D eigenvalue weighted by molar-refractivity contribution is 6.30. The van der Waals surface area contributed by atoms with Crippen LogP contribution >= 0.6 is 11.6 Å². The van der Waals surface area contributed by atoms with Gasteiger partial charge in [-0.1, -0.05) is 37.1 Å². The molecule has 122 valence electrons. The molecule has 1 amide bonds. The second-order valence-corrected chi connectivity index (χ2v) is 5.85. The van der Waals surface area contributed by atoms with Crippen molar-refractivity contribution >= 4 is 17.5 Å². The highest BCUT2D eigenvalue weighted by Crippen LogP contribution is 2.13. The van der Waals surface area contributed by atoms with Crippen molar-refractivity contribution in [1.82, 2.24) is 14.9 Å². The lowest BCUT2D eigenvalue weighted by Crippen LogP contribution is -2.35. The van der Waals surface area contributed by atoms with Crippen LogP contribution in [0.5, 0.6) is 0 Å². The number of amides is 1. The molecule has 0 saturated carbocycles. The zero-order valence-electron chi connectivity index (χ0n) is 13.3. The van der Waals surface area contributed by atoms with E-state index in [9.17, 15) is 9.59 Å². The molecule has 2 aromatic rings. The van der Waals surface area contributed by atoms with Crippen LogP contribution in [-0.2, 0) is 6.54 Å². The van der Waals surface area contributed by atoms with Crippen LogP contribution in [0, 0.1) is 6.92 Å². The number of nitrogens with zero attached hydrogens (tertiary/aromatic N) is 2. The Morgan fingerprint density at radius 3 is 2.61 bits per heavy atom. The minimum atomic E-state index is -0.403. The third kappa shape index (κ3) is 4.66. The van der Waals surface area contributed by atoms with Crippen molar-refractivity contribution in [2.45, 2.75) is 33.2 Å². The van der Waals surface area contributed by atoms with Crippen LogP contribution in [0.1, 0.15) is 41.5 Å². The van der Waals surface area contributed by atoms with Crippen molar-refractivity contribution in [3.63, 3.8) is 0 Å². The summed E-state index contributed by atoms with van der Waals surface area (Å²) in [7, 11) is 0. The molecule has 0 aliphatic heterocycles. The topological polar surface area (TPSA) is 66.1 Å². The molecule has 1 N–H and O–H groups in total. The number of hydrogen-bond donors (Lipinski definition) is 1. The number of nitrogens with one attached hydrogen (secondary N) is 1. The largest absolute Gasteiger partial charge is 0.334 e. The third-order valence-electron chi connectivity index (χ3n) is 3.51. The quantitative estimate of drug-likeness (QED) is 0.883. The molecule has 0 aliphatic rings. The number of aromatic amines is 1. The standard InChI is InChI=1S/C17H20ClN3O2/c1-3-4-9-21(11-13-5-7-14(18)8-6-13)17(23)15-10-19-12(2)20-16(15)22/h5-8,10H,3-4,9,11H2,1-2H3,(H,19,20,22). The smallest absolute Gasteiger partial charge is 0.263 e. The van der Waals surface area contributed by atoms with Gasteiger partial charge in [-0.05, 0) is 31.0 Å². The Morgan fingerprint density at radius 2 is 2.00 bits per heavy atom. The van der Waals surface area contributed by atoms with E-state index in [1.807, 2.05) is 12.1 Å². The lowest BCUT2D eigenvalue weighted by atomic mass is 10.1. The van der Waals surface area contributed by atoms with Crippen LogP contribution in [0.15, 0.2) is 35.3 Å². The Hall–Kier alpha value is -2.14. The lowest BCUT2D eigenvalue weighted by Gasteiger charge is -2.22. The van der Waals surface area contributed by atoms with Crippen LogP contribution in [0.25, 0.3) is 0 Å². The minimum absolute atomic E-state index is 0.0701. The summed E-state index contributed by atoms with van der Waals surface area (Å²) in [6, 6.07) is 7.34. The van der Waals surface area contributed by atoms with E-state index in [1.165, 1.54) is 6.20 Å². The fourth-order valence-corrected chi connectivity index (χ4v) is 2.34. The van der Waals surface area contributed by atoms with Gasteiger partial charge in [-0.25, -0.2) is 4.98 Å². The van der Waals surface area contributed by atoms with Crippen LogP contribution in [0.4, 0.5) is 0 Å².